The summed E-state index contributed by atoms with van der Waals surface area (Å²) in [5.74, 6) is 0. The van der Waals surface area contributed by atoms with E-state index in [0.717, 1.165) is 17.7 Å². The van der Waals surface area contributed by atoms with Crippen LogP contribution in [-0.4, -0.2) is 5.49 Å². The first-order chi connectivity index (χ1) is 6.54. The summed E-state index contributed by atoms with van der Waals surface area (Å²) in [4.78, 5) is 0. The average molecular weight is 219 g/mol. The molecule has 0 heterocycles. The number of nitrogens with one attached hydrogen (secondary N) is 1. The fourth-order valence-corrected chi connectivity index (χ4v) is 1.05. The molecule has 0 amide bonds. The lowest BCUT2D eigenvalue weighted by Gasteiger charge is -2.07. The van der Waals surface area contributed by atoms with Crippen molar-refractivity contribution in [3.8, 4) is 0 Å². The smallest absolute Gasteiger partial charge is 0.378 e. The van der Waals surface area contributed by atoms with Crippen molar-refractivity contribution in [3.63, 3.8) is 0 Å². The number of rotatable bonds is 3. The monoisotopic (exact) mass is 219 g/mol. The van der Waals surface area contributed by atoms with Gasteiger partial charge in [-0.25, -0.2) is 0 Å². The van der Waals surface area contributed by atoms with Crippen molar-refractivity contribution in [2.45, 2.75) is 12.7 Å². The lowest BCUT2D eigenvalue weighted by Crippen LogP contribution is -2.09. The van der Waals surface area contributed by atoms with Gasteiger partial charge in [-0.05, 0) is 17.7 Å². The molecule has 0 spiro atoms. The summed E-state index contributed by atoms with van der Waals surface area (Å²) in [6, 6.07) is 4.96. The zero-order valence-corrected chi connectivity index (χ0v) is 7.95. The Hall–Kier alpha value is -1.10. The summed E-state index contributed by atoms with van der Waals surface area (Å²) in [7, 11) is 0. The quantitative estimate of drug-likeness (QED) is 0.784. The zero-order valence-electron chi connectivity index (χ0n) is 7.14. The van der Waals surface area contributed by atoms with Gasteiger partial charge in [0.1, 0.15) is 0 Å². The predicted octanol–water partition coefficient (Wildman–Crippen LogP) is 2.75. The van der Waals surface area contributed by atoms with Crippen LogP contribution < -0.4 is 5.32 Å². The van der Waals surface area contributed by atoms with Crippen LogP contribution in [0.5, 0.6) is 0 Å². The molecule has 0 atom stereocenters. The van der Waals surface area contributed by atoms with Crippen molar-refractivity contribution in [2.24, 2.45) is 0 Å². The zero-order chi connectivity index (χ0) is 10.6. The van der Waals surface area contributed by atoms with Gasteiger partial charge in [0, 0.05) is 6.54 Å². The molecule has 0 saturated carbocycles. The van der Waals surface area contributed by atoms with Crippen LogP contribution in [0.1, 0.15) is 11.1 Å². The van der Waals surface area contributed by atoms with E-state index in [1.165, 1.54) is 17.6 Å². The van der Waals surface area contributed by atoms with E-state index in [1.807, 2.05) is 0 Å². The van der Waals surface area contributed by atoms with E-state index < -0.39 is 11.7 Å². The highest BCUT2D eigenvalue weighted by molar-refractivity contribution is 7.78. The largest absolute Gasteiger partial charge is 0.416 e. The minimum atomic E-state index is -4.27. The maximum atomic E-state index is 12.1. The topological polar surface area (TPSA) is 12.0 Å². The number of hydrogen-bond donors (Lipinski definition) is 1. The number of thiocarbonyl (C=S) groups is 1. The molecule has 0 fully saturated rings. The maximum Gasteiger partial charge on any atom is 0.416 e. The summed E-state index contributed by atoms with van der Waals surface area (Å²) >= 11 is 4.52. The molecule has 0 saturated heterocycles. The highest BCUT2D eigenvalue weighted by Gasteiger charge is 2.29. The molecule has 0 bridgehead atoms. The first kappa shape index (κ1) is 11.0. The van der Waals surface area contributed by atoms with Crippen LogP contribution in [0.4, 0.5) is 13.2 Å². The van der Waals surface area contributed by atoms with Crippen molar-refractivity contribution in [1.82, 2.24) is 5.32 Å². The van der Waals surface area contributed by atoms with Gasteiger partial charge in [0.25, 0.3) is 0 Å². The maximum absolute atomic E-state index is 12.1. The minimum absolute atomic E-state index is 0.446. The number of halogens is 3. The Kier molecular flexibility index (Phi) is 3.46. The highest BCUT2D eigenvalue weighted by atomic mass is 32.1. The molecule has 14 heavy (non-hydrogen) atoms. The molecule has 1 nitrogen and oxygen atoms in total. The van der Waals surface area contributed by atoms with Gasteiger partial charge in [-0.1, -0.05) is 24.4 Å². The lowest BCUT2D eigenvalue weighted by molar-refractivity contribution is -0.137. The Bertz CT molecular complexity index is 305. The number of alkyl halides is 3. The Morgan fingerprint density at radius 1 is 1.21 bits per heavy atom. The number of benzene rings is 1. The molecule has 5 heteroatoms. The fourth-order valence-electron chi connectivity index (χ4n) is 0.971. The lowest BCUT2D eigenvalue weighted by atomic mass is 10.1. The fraction of sp³-hybridized carbons (Fsp3) is 0.222. The molecule has 1 N–H and O–H groups in total. The second kappa shape index (κ2) is 4.41. The molecule has 1 aromatic rings. The SMILES string of the molecule is FC(F)(F)c1ccc(CNC=S)cc1. The van der Waals surface area contributed by atoms with Gasteiger partial charge in [-0.2, -0.15) is 13.2 Å². The normalized spacial score (nSPS) is 11.1. The summed E-state index contributed by atoms with van der Waals surface area (Å²) in [6.07, 6.45) is -4.27. The van der Waals surface area contributed by atoms with E-state index >= 15 is 0 Å². The third kappa shape index (κ3) is 2.99. The summed E-state index contributed by atoms with van der Waals surface area (Å²) < 4.78 is 36.4. The van der Waals surface area contributed by atoms with Crippen molar-refractivity contribution < 1.29 is 13.2 Å². The molecule has 0 unspecified atom stereocenters. The first-order valence-corrected chi connectivity index (χ1v) is 4.34. The van der Waals surface area contributed by atoms with Gasteiger partial charge in [-0.3, -0.25) is 0 Å². The van der Waals surface area contributed by atoms with Crippen LogP contribution in [0.25, 0.3) is 0 Å². The van der Waals surface area contributed by atoms with Crippen LogP contribution in [0.3, 0.4) is 0 Å². The molecular weight excluding hydrogens is 211 g/mol. The molecule has 1 rings (SSSR count). The van der Waals surface area contributed by atoms with Crippen molar-refractivity contribution in [3.05, 3.63) is 35.4 Å². The summed E-state index contributed by atoms with van der Waals surface area (Å²) in [5, 5.41) is 2.73. The van der Waals surface area contributed by atoms with Gasteiger partial charge >= 0.3 is 6.18 Å². The number of hydrogen-bond acceptors (Lipinski definition) is 1. The minimum Gasteiger partial charge on any atom is -0.378 e. The summed E-state index contributed by atoms with van der Waals surface area (Å²) in [5.41, 5.74) is 1.46. The van der Waals surface area contributed by atoms with Gasteiger partial charge in [-0.15, -0.1) is 0 Å². The predicted molar refractivity (Wildman–Crippen MR) is 51.9 cm³/mol. The van der Waals surface area contributed by atoms with E-state index in [1.54, 1.807) is 0 Å². The highest BCUT2D eigenvalue weighted by Crippen LogP contribution is 2.28. The Labute approximate surface area is 84.9 Å². The molecular formula is C9H8F3NS. The molecule has 0 aliphatic heterocycles. The molecule has 1 aromatic carbocycles. The Morgan fingerprint density at radius 3 is 2.21 bits per heavy atom. The van der Waals surface area contributed by atoms with Crippen LogP contribution in [0.2, 0.25) is 0 Å². The standard InChI is InChI=1S/C9H8F3NS/c10-9(11,12)8-3-1-7(2-4-8)5-13-6-14/h1-4,6H,5H2,(H,13,14). The van der Waals surface area contributed by atoms with E-state index in [4.69, 9.17) is 0 Å². The molecule has 0 aromatic heterocycles. The Morgan fingerprint density at radius 2 is 1.79 bits per heavy atom. The van der Waals surface area contributed by atoms with Gasteiger partial charge in [0.15, 0.2) is 0 Å². The van der Waals surface area contributed by atoms with E-state index in [-0.39, 0.29) is 0 Å². The second-order valence-electron chi connectivity index (χ2n) is 2.69. The van der Waals surface area contributed by atoms with Crippen LogP contribution in [0, 0.1) is 0 Å². The van der Waals surface area contributed by atoms with Gasteiger partial charge < -0.3 is 5.32 Å². The van der Waals surface area contributed by atoms with E-state index in [0.29, 0.717) is 6.54 Å². The Balaban J connectivity index is 2.73. The third-order valence-electron chi connectivity index (χ3n) is 1.67. The third-order valence-corrected chi connectivity index (χ3v) is 1.84. The molecule has 0 aliphatic carbocycles. The summed E-state index contributed by atoms with van der Waals surface area (Å²) in [6.45, 7) is 0.446. The molecule has 76 valence electrons. The van der Waals surface area contributed by atoms with Gasteiger partial charge in [0.05, 0.1) is 11.1 Å². The second-order valence-corrected chi connectivity index (χ2v) is 2.93. The van der Waals surface area contributed by atoms with Gasteiger partial charge in [0.2, 0.25) is 0 Å². The van der Waals surface area contributed by atoms with Crippen LogP contribution in [-0.2, 0) is 12.7 Å². The van der Waals surface area contributed by atoms with Crippen LogP contribution >= 0.6 is 12.2 Å². The van der Waals surface area contributed by atoms with Crippen molar-refractivity contribution >= 4 is 17.7 Å². The first-order valence-electron chi connectivity index (χ1n) is 3.87. The molecule has 0 aliphatic rings. The average Bonchev–Trinajstić information content (AvgIpc) is 2.14. The van der Waals surface area contributed by atoms with E-state index in [9.17, 15) is 13.2 Å². The molecule has 0 radical (unpaired) electrons. The van der Waals surface area contributed by atoms with Crippen molar-refractivity contribution in [1.29, 1.82) is 0 Å². The van der Waals surface area contributed by atoms with E-state index in [2.05, 4.69) is 17.5 Å². The van der Waals surface area contributed by atoms with Crippen molar-refractivity contribution in [2.75, 3.05) is 0 Å². The van der Waals surface area contributed by atoms with Crippen LogP contribution in [0.15, 0.2) is 24.3 Å².